The van der Waals surface area contributed by atoms with Gasteiger partial charge in [0.15, 0.2) is 0 Å². The number of likely N-dealkylation sites (tertiary alicyclic amines) is 1. The molecule has 0 bridgehead atoms. The summed E-state index contributed by atoms with van der Waals surface area (Å²) in [5, 5.41) is 10.8. The minimum absolute atomic E-state index is 0.0795. The molecule has 0 saturated carbocycles. The van der Waals surface area contributed by atoms with Crippen molar-refractivity contribution in [1.29, 1.82) is 0 Å². The molecule has 1 aliphatic heterocycles. The number of rotatable bonds is 4. The Balaban J connectivity index is 2.17. The van der Waals surface area contributed by atoms with Crippen LogP contribution in [-0.4, -0.2) is 42.5 Å². The molecule has 0 aliphatic carbocycles. The van der Waals surface area contributed by atoms with Crippen molar-refractivity contribution in [2.75, 3.05) is 26.8 Å². The van der Waals surface area contributed by atoms with Crippen molar-refractivity contribution in [1.82, 2.24) is 4.90 Å². The third-order valence-corrected chi connectivity index (χ3v) is 4.06. The summed E-state index contributed by atoms with van der Waals surface area (Å²) in [5.41, 5.74) is 0.251. The van der Waals surface area contributed by atoms with Crippen molar-refractivity contribution >= 4 is 27.5 Å². The fraction of sp³-hybridized carbons (Fsp3) is 0.462. The van der Waals surface area contributed by atoms with E-state index in [0.717, 1.165) is 6.42 Å². The summed E-state index contributed by atoms with van der Waals surface area (Å²) in [6.45, 7) is 1.91. The van der Waals surface area contributed by atoms with Gasteiger partial charge in [-0.2, -0.15) is 0 Å². The Hall–Kier alpha value is -1.47. The highest BCUT2D eigenvalue weighted by Crippen LogP contribution is 2.26. The first-order valence-electron chi connectivity index (χ1n) is 6.25. The number of halogens is 1. The maximum absolute atomic E-state index is 12.4. The molecule has 108 valence electrons. The number of amides is 1. The number of carbonyl (C=O) groups is 1. The molecule has 0 aromatic heterocycles. The molecule has 1 fully saturated rings. The van der Waals surface area contributed by atoms with E-state index in [1.165, 1.54) is 18.2 Å². The molecule has 1 unspecified atom stereocenters. The predicted octanol–water partition coefficient (Wildman–Crippen LogP) is 2.47. The van der Waals surface area contributed by atoms with Crippen LogP contribution in [0, 0.1) is 16.0 Å². The lowest BCUT2D eigenvalue weighted by Crippen LogP contribution is -2.29. The van der Waals surface area contributed by atoms with Gasteiger partial charge >= 0.3 is 0 Å². The average molecular weight is 343 g/mol. The molecular formula is C13H15BrN2O4. The largest absolute Gasteiger partial charge is 0.384 e. The molecule has 0 radical (unpaired) electrons. The Labute approximate surface area is 125 Å². The van der Waals surface area contributed by atoms with Gasteiger partial charge in [-0.25, -0.2) is 0 Å². The number of hydrogen-bond donors (Lipinski definition) is 0. The van der Waals surface area contributed by atoms with Crippen molar-refractivity contribution in [2.45, 2.75) is 6.42 Å². The zero-order chi connectivity index (χ0) is 14.7. The van der Waals surface area contributed by atoms with Gasteiger partial charge in [0.05, 0.1) is 17.1 Å². The summed E-state index contributed by atoms with van der Waals surface area (Å²) in [5.74, 6) is 0.153. The first kappa shape index (κ1) is 14.9. The first-order valence-corrected chi connectivity index (χ1v) is 7.04. The zero-order valence-corrected chi connectivity index (χ0v) is 12.6. The standard InChI is InChI=1S/C13H15BrN2O4/c1-20-8-9-4-5-15(7-9)13(17)11-6-10(16(18)19)2-3-12(11)14/h2-3,6,9H,4-5,7-8H2,1H3. The third-order valence-electron chi connectivity index (χ3n) is 3.37. The number of ether oxygens (including phenoxy) is 1. The smallest absolute Gasteiger partial charge is 0.270 e. The third kappa shape index (κ3) is 3.16. The molecule has 0 spiro atoms. The van der Waals surface area contributed by atoms with Gasteiger partial charge in [-0.3, -0.25) is 14.9 Å². The van der Waals surface area contributed by atoms with Crippen molar-refractivity contribution in [2.24, 2.45) is 5.92 Å². The summed E-state index contributed by atoms with van der Waals surface area (Å²) in [4.78, 5) is 24.4. The second kappa shape index (κ2) is 6.32. The van der Waals surface area contributed by atoms with Crippen molar-refractivity contribution in [3.63, 3.8) is 0 Å². The van der Waals surface area contributed by atoms with Gasteiger partial charge in [-0.05, 0) is 28.4 Å². The van der Waals surface area contributed by atoms with Gasteiger partial charge in [-0.15, -0.1) is 0 Å². The first-order chi connectivity index (χ1) is 9.52. The lowest BCUT2D eigenvalue weighted by Gasteiger charge is -2.17. The Morgan fingerprint density at radius 1 is 1.60 bits per heavy atom. The quantitative estimate of drug-likeness (QED) is 0.622. The highest BCUT2D eigenvalue weighted by molar-refractivity contribution is 9.10. The van der Waals surface area contributed by atoms with Crippen molar-refractivity contribution in [3.8, 4) is 0 Å². The van der Waals surface area contributed by atoms with E-state index in [9.17, 15) is 14.9 Å². The fourth-order valence-corrected chi connectivity index (χ4v) is 2.77. The molecule has 1 heterocycles. The molecule has 1 saturated heterocycles. The second-order valence-corrected chi connectivity index (χ2v) is 5.64. The average Bonchev–Trinajstić information content (AvgIpc) is 2.87. The number of methoxy groups -OCH3 is 1. The predicted molar refractivity (Wildman–Crippen MR) is 76.7 cm³/mol. The molecule has 1 aromatic carbocycles. The molecule has 7 heteroatoms. The normalized spacial score (nSPS) is 18.3. The summed E-state index contributed by atoms with van der Waals surface area (Å²) < 4.78 is 5.67. The van der Waals surface area contributed by atoms with Crippen LogP contribution in [0.4, 0.5) is 5.69 Å². The van der Waals surface area contributed by atoms with E-state index in [1.54, 1.807) is 12.0 Å². The number of nitro benzene ring substituents is 1. The highest BCUT2D eigenvalue weighted by atomic mass is 79.9. The van der Waals surface area contributed by atoms with Gasteiger partial charge in [0, 0.05) is 42.7 Å². The molecule has 6 nitrogen and oxygen atoms in total. The van der Waals surface area contributed by atoms with Crippen LogP contribution in [0.1, 0.15) is 16.8 Å². The second-order valence-electron chi connectivity index (χ2n) is 4.78. The van der Waals surface area contributed by atoms with Crippen LogP contribution in [0.2, 0.25) is 0 Å². The summed E-state index contributed by atoms with van der Waals surface area (Å²) in [6, 6.07) is 4.22. The van der Waals surface area contributed by atoms with Gasteiger partial charge in [0.2, 0.25) is 0 Å². The molecule has 1 aliphatic rings. The molecule has 0 N–H and O–H groups in total. The van der Waals surface area contributed by atoms with E-state index in [1.807, 2.05) is 0 Å². The molecule has 1 aromatic rings. The maximum atomic E-state index is 12.4. The van der Waals surface area contributed by atoms with Crippen LogP contribution in [0.3, 0.4) is 0 Å². The molecular weight excluding hydrogens is 328 g/mol. The Morgan fingerprint density at radius 3 is 3.00 bits per heavy atom. The van der Waals surface area contributed by atoms with E-state index in [2.05, 4.69) is 15.9 Å². The Morgan fingerprint density at radius 2 is 2.35 bits per heavy atom. The van der Waals surface area contributed by atoms with E-state index in [-0.39, 0.29) is 11.6 Å². The van der Waals surface area contributed by atoms with Crippen LogP contribution < -0.4 is 0 Å². The van der Waals surface area contributed by atoms with Crippen molar-refractivity contribution in [3.05, 3.63) is 38.3 Å². The van der Waals surface area contributed by atoms with Crippen LogP contribution in [0.5, 0.6) is 0 Å². The lowest BCUT2D eigenvalue weighted by molar-refractivity contribution is -0.384. The molecule has 1 atom stereocenters. The Kier molecular flexibility index (Phi) is 4.72. The van der Waals surface area contributed by atoms with Gasteiger partial charge < -0.3 is 9.64 Å². The van der Waals surface area contributed by atoms with Crippen LogP contribution in [0.25, 0.3) is 0 Å². The number of non-ortho nitro benzene ring substituents is 1. The molecule has 1 amide bonds. The monoisotopic (exact) mass is 342 g/mol. The zero-order valence-electron chi connectivity index (χ0n) is 11.0. The Bertz CT molecular complexity index is 535. The van der Waals surface area contributed by atoms with E-state index >= 15 is 0 Å². The van der Waals surface area contributed by atoms with E-state index in [0.29, 0.717) is 35.7 Å². The minimum Gasteiger partial charge on any atom is -0.384 e. The highest BCUT2D eigenvalue weighted by Gasteiger charge is 2.28. The van der Waals surface area contributed by atoms with Crippen LogP contribution in [0.15, 0.2) is 22.7 Å². The van der Waals surface area contributed by atoms with Crippen LogP contribution >= 0.6 is 15.9 Å². The number of hydrogen-bond acceptors (Lipinski definition) is 4. The number of benzene rings is 1. The number of nitro groups is 1. The number of carbonyl (C=O) groups excluding carboxylic acids is 1. The van der Waals surface area contributed by atoms with E-state index < -0.39 is 4.92 Å². The maximum Gasteiger partial charge on any atom is 0.270 e. The summed E-state index contributed by atoms with van der Waals surface area (Å²) >= 11 is 3.28. The minimum atomic E-state index is -0.499. The summed E-state index contributed by atoms with van der Waals surface area (Å²) in [6.07, 6.45) is 0.895. The van der Waals surface area contributed by atoms with E-state index in [4.69, 9.17) is 4.74 Å². The van der Waals surface area contributed by atoms with Crippen molar-refractivity contribution < 1.29 is 14.5 Å². The number of nitrogens with zero attached hydrogens (tertiary/aromatic N) is 2. The summed E-state index contributed by atoms with van der Waals surface area (Å²) in [7, 11) is 1.64. The molecule has 2 rings (SSSR count). The lowest BCUT2D eigenvalue weighted by atomic mass is 10.1. The molecule has 20 heavy (non-hydrogen) atoms. The van der Waals surface area contributed by atoms with Gasteiger partial charge in [0.1, 0.15) is 0 Å². The fourth-order valence-electron chi connectivity index (χ4n) is 2.35. The van der Waals surface area contributed by atoms with Crippen LogP contribution in [-0.2, 0) is 4.74 Å². The van der Waals surface area contributed by atoms with Gasteiger partial charge in [0.25, 0.3) is 11.6 Å². The SMILES string of the molecule is COCC1CCN(C(=O)c2cc([N+](=O)[O-])ccc2Br)C1. The van der Waals surface area contributed by atoms with Gasteiger partial charge in [-0.1, -0.05) is 0 Å². The topological polar surface area (TPSA) is 72.7 Å².